The second kappa shape index (κ2) is 7.67. The first-order chi connectivity index (χ1) is 9.78. The van der Waals surface area contributed by atoms with E-state index in [4.69, 9.17) is 9.47 Å². The van der Waals surface area contributed by atoms with Gasteiger partial charge in [0.15, 0.2) is 0 Å². The number of nitrogens with one attached hydrogen (secondary N) is 1. The minimum absolute atomic E-state index is 0.603. The van der Waals surface area contributed by atoms with Gasteiger partial charge in [0.1, 0.15) is 0 Å². The summed E-state index contributed by atoms with van der Waals surface area (Å²) in [5.41, 5.74) is 3.40. The molecule has 0 amide bonds. The summed E-state index contributed by atoms with van der Waals surface area (Å²) in [7, 11) is 3.59. The van der Waals surface area contributed by atoms with Crippen molar-refractivity contribution in [3.8, 4) is 0 Å². The molecule has 0 saturated carbocycles. The summed E-state index contributed by atoms with van der Waals surface area (Å²) < 4.78 is 12.3. The average Bonchev–Trinajstić information content (AvgIpc) is 2.88. The molecule has 0 saturated heterocycles. The first-order valence-corrected chi connectivity index (χ1v) is 6.65. The molecule has 0 fully saturated rings. The Morgan fingerprint density at radius 3 is 2.90 bits per heavy atom. The molecule has 0 aliphatic carbocycles. The molecule has 1 aromatic carbocycles. The van der Waals surface area contributed by atoms with Crippen LogP contribution in [0.15, 0.2) is 36.7 Å². The van der Waals surface area contributed by atoms with Crippen LogP contribution in [0.5, 0.6) is 0 Å². The topological polar surface area (TPSA) is 48.3 Å². The van der Waals surface area contributed by atoms with E-state index < -0.39 is 0 Å². The fourth-order valence-electron chi connectivity index (χ4n) is 1.87. The van der Waals surface area contributed by atoms with E-state index in [2.05, 4.69) is 28.6 Å². The Morgan fingerprint density at radius 1 is 1.25 bits per heavy atom. The number of benzene rings is 1. The van der Waals surface area contributed by atoms with E-state index in [0.717, 1.165) is 23.4 Å². The monoisotopic (exact) mass is 275 g/mol. The highest BCUT2D eigenvalue weighted by Crippen LogP contribution is 2.13. The van der Waals surface area contributed by atoms with Crippen LogP contribution in [0, 0.1) is 0 Å². The Hall–Kier alpha value is -1.85. The van der Waals surface area contributed by atoms with Gasteiger partial charge in [0.05, 0.1) is 26.0 Å². The molecule has 2 aromatic rings. The van der Waals surface area contributed by atoms with Crippen LogP contribution in [-0.4, -0.2) is 30.1 Å². The number of ether oxygens (including phenoxy) is 2. The van der Waals surface area contributed by atoms with Gasteiger partial charge in [-0.2, -0.15) is 5.10 Å². The number of methoxy groups -OCH3 is 1. The summed E-state index contributed by atoms with van der Waals surface area (Å²) in [6, 6.07) is 8.24. The molecule has 0 radical (unpaired) electrons. The summed E-state index contributed by atoms with van der Waals surface area (Å²) in [6.45, 7) is 2.61. The molecule has 0 unspecified atom stereocenters. The average molecular weight is 275 g/mol. The molecule has 0 bridgehead atoms. The normalized spacial score (nSPS) is 10.7. The van der Waals surface area contributed by atoms with Gasteiger partial charge >= 0.3 is 0 Å². The Balaban J connectivity index is 1.82. The highest BCUT2D eigenvalue weighted by atomic mass is 16.5. The molecule has 5 heteroatoms. The Morgan fingerprint density at radius 2 is 2.15 bits per heavy atom. The zero-order valence-electron chi connectivity index (χ0n) is 12.0. The van der Waals surface area contributed by atoms with E-state index in [-0.39, 0.29) is 0 Å². The number of rotatable bonds is 8. The highest BCUT2D eigenvalue weighted by molar-refractivity contribution is 5.45. The molecule has 1 heterocycles. The van der Waals surface area contributed by atoms with Gasteiger partial charge in [0.25, 0.3) is 0 Å². The van der Waals surface area contributed by atoms with Crippen molar-refractivity contribution in [2.45, 2.75) is 13.2 Å². The third kappa shape index (κ3) is 4.68. The quantitative estimate of drug-likeness (QED) is 0.750. The van der Waals surface area contributed by atoms with Gasteiger partial charge in [-0.05, 0) is 17.7 Å². The maximum absolute atomic E-state index is 5.52. The van der Waals surface area contributed by atoms with Crippen molar-refractivity contribution in [3.05, 3.63) is 47.8 Å². The second-order valence-electron chi connectivity index (χ2n) is 4.62. The van der Waals surface area contributed by atoms with E-state index in [0.29, 0.717) is 19.8 Å². The van der Waals surface area contributed by atoms with Crippen LogP contribution >= 0.6 is 0 Å². The fourth-order valence-corrected chi connectivity index (χ4v) is 1.87. The Labute approximate surface area is 119 Å². The molecule has 20 heavy (non-hydrogen) atoms. The van der Waals surface area contributed by atoms with Gasteiger partial charge < -0.3 is 14.8 Å². The summed E-state index contributed by atoms with van der Waals surface area (Å²) in [4.78, 5) is 0. The number of nitrogens with zero attached hydrogens (tertiary/aromatic N) is 2. The van der Waals surface area contributed by atoms with Crippen molar-refractivity contribution < 1.29 is 9.47 Å². The number of aromatic nitrogens is 2. The van der Waals surface area contributed by atoms with Gasteiger partial charge in [-0.3, -0.25) is 4.68 Å². The summed E-state index contributed by atoms with van der Waals surface area (Å²) >= 11 is 0. The minimum Gasteiger partial charge on any atom is -0.382 e. The number of hydrogen-bond donors (Lipinski definition) is 1. The van der Waals surface area contributed by atoms with Crippen LogP contribution in [0.2, 0.25) is 0 Å². The number of aryl methyl sites for hydroxylation is 1. The zero-order chi connectivity index (χ0) is 14.2. The van der Waals surface area contributed by atoms with E-state index in [1.54, 1.807) is 11.8 Å². The van der Waals surface area contributed by atoms with E-state index in [1.165, 1.54) is 0 Å². The molecule has 0 spiro atoms. The van der Waals surface area contributed by atoms with Crippen molar-refractivity contribution in [1.82, 2.24) is 9.78 Å². The molecule has 0 atom stereocenters. The maximum Gasteiger partial charge on any atom is 0.0718 e. The minimum atomic E-state index is 0.603. The van der Waals surface area contributed by atoms with E-state index in [9.17, 15) is 0 Å². The summed E-state index contributed by atoms with van der Waals surface area (Å²) in [5.74, 6) is 0. The van der Waals surface area contributed by atoms with Crippen LogP contribution in [0.1, 0.15) is 11.1 Å². The molecule has 108 valence electrons. The molecule has 2 rings (SSSR count). The smallest absolute Gasteiger partial charge is 0.0718 e. The first-order valence-electron chi connectivity index (χ1n) is 6.65. The number of hydrogen-bond acceptors (Lipinski definition) is 4. The standard InChI is InChI=1S/C15H21N3O2/c1-18-11-14(10-17-18)9-16-15-5-3-4-13(8-15)12-20-7-6-19-2/h3-5,8,10-11,16H,6-7,9,12H2,1-2H3. The molecule has 0 aliphatic heterocycles. The third-order valence-electron chi connectivity index (χ3n) is 2.88. The van der Waals surface area contributed by atoms with Crippen LogP contribution in [0.25, 0.3) is 0 Å². The largest absolute Gasteiger partial charge is 0.382 e. The summed E-state index contributed by atoms with van der Waals surface area (Å²) in [6.07, 6.45) is 3.87. The predicted molar refractivity (Wildman–Crippen MR) is 78.5 cm³/mol. The predicted octanol–water partition coefficient (Wildman–Crippen LogP) is 2.20. The Kier molecular flexibility index (Phi) is 5.58. The molecule has 0 aliphatic rings. The van der Waals surface area contributed by atoms with Crippen LogP contribution in [-0.2, 0) is 29.7 Å². The Bertz CT molecular complexity index is 525. The van der Waals surface area contributed by atoms with Crippen LogP contribution in [0.3, 0.4) is 0 Å². The van der Waals surface area contributed by atoms with Crippen LogP contribution in [0.4, 0.5) is 5.69 Å². The molecular formula is C15H21N3O2. The lowest BCUT2D eigenvalue weighted by Gasteiger charge is -2.08. The van der Waals surface area contributed by atoms with Gasteiger partial charge in [-0.1, -0.05) is 12.1 Å². The van der Waals surface area contributed by atoms with Gasteiger partial charge in [0, 0.05) is 38.1 Å². The lowest BCUT2D eigenvalue weighted by molar-refractivity contribution is 0.0617. The van der Waals surface area contributed by atoms with E-state index >= 15 is 0 Å². The lowest BCUT2D eigenvalue weighted by atomic mass is 10.2. The van der Waals surface area contributed by atoms with Crippen molar-refractivity contribution in [1.29, 1.82) is 0 Å². The maximum atomic E-state index is 5.52. The summed E-state index contributed by atoms with van der Waals surface area (Å²) in [5, 5.41) is 7.53. The van der Waals surface area contributed by atoms with Crippen molar-refractivity contribution >= 4 is 5.69 Å². The third-order valence-corrected chi connectivity index (χ3v) is 2.88. The molecule has 1 N–H and O–H groups in total. The SMILES string of the molecule is COCCOCc1cccc(NCc2cnn(C)c2)c1. The lowest BCUT2D eigenvalue weighted by Crippen LogP contribution is -2.03. The van der Waals surface area contributed by atoms with Gasteiger partial charge in [0.2, 0.25) is 0 Å². The molecule has 5 nitrogen and oxygen atoms in total. The second-order valence-corrected chi connectivity index (χ2v) is 4.62. The highest BCUT2D eigenvalue weighted by Gasteiger charge is 1.99. The van der Waals surface area contributed by atoms with Gasteiger partial charge in [-0.25, -0.2) is 0 Å². The van der Waals surface area contributed by atoms with E-state index in [1.807, 2.05) is 25.5 Å². The first kappa shape index (κ1) is 14.6. The zero-order valence-corrected chi connectivity index (χ0v) is 12.0. The number of anilines is 1. The van der Waals surface area contributed by atoms with Crippen molar-refractivity contribution in [2.24, 2.45) is 7.05 Å². The molecular weight excluding hydrogens is 254 g/mol. The van der Waals surface area contributed by atoms with Gasteiger partial charge in [-0.15, -0.1) is 0 Å². The van der Waals surface area contributed by atoms with Crippen molar-refractivity contribution in [3.63, 3.8) is 0 Å². The van der Waals surface area contributed by atoms with Crippen LogP contribution < -0.4 is 5.32 Å². The fraction of sp³-hybridized carbons (Fsp3) is 0.400. The van der Waals surface area contributed by atoms with Crippen molar-refractivity contribution in [2.75, 3.05) is 25.6 Å². The molecule has 1 aromatic heterocycles.